The Bertz CT molecular complexity index is 383. The summed E-state index contributed by atoms with van der Waals surface area (Å²) in [6, 6.07) is 8.17. The van der Waals surface area contributed by atoms with Crippen LogP contribution in [0.2, 0.25) is 0 Å². The summed E-state index contributed by atoms with van der Waals surface area (Å²) in [6.07, 6.45) is 5.11. The largest absolute Gasteiger partial charge is 0.372 e. The van der Waals surface area contributed by atoms with Gasteiger partial charge in [-0.25, -0.2) is 0 Å². The van der Waals surface area contributed by atoms with Crippen LogP contribution in [0.3, 0.4) is 0 Å². The van der Waals surface area contributed by atoms with Crippen molar-refractivity contribution in [2.24, 2.45) is 5.73 Å². The van der Waals surface area contributed by atoms with Gasteiger partial charge < -0.3 is 10.6 Å². The second-order valence-corrected chi connectivity index (χ2v) is 4.46. The van der Waals surface area contributed by atoms with E-state index in [1.54, 1.807) is 6.07 Å². The summed E-state index contributed by atoms with van der Waals surface area (Å²) >= 11 is 0. The summed E-state index contributed by atoms with van der Waals surface area (Å²) in [5.41, 5.74) is 6.95. The van der Waals surface area contributed by atoms with Crippen molar-refractivity contribution in [2.75, 3.05) is 11.9 Å². The van der Waals surface area contributed by atoms with E-state index < -0.39 is 0 Å². The van der Waals surface area contributed by atoms with E-state index >= 15 is 0 Å². The predicted octanol–water partition coefficient (Wildman–Crippen LogP) is 2.16. The number of hydrogen-bond acceptors (Lipinski definition) is 2. The molecular weight excluding hydrogens is 200 g/mol. The van der Waals surface area contributed by atoms with E-state index in [0.29, 0.717) is 11.6 Å². The van der Waals surface area contributed by atoms with Crippen molar-refractivity contribution in [1.82, 2.24) is 0 Å². The van der Waals surface area contributed by atoms with Crippen LogP contribution in [-0.2, 0) is 0 Å². The Morgan fingerprint density at radius 2 is 2.06 bits per heavy atom. The molecule has 1 aliphatic carbocycles. The van der Waals surface area contributed by atoms with Crippen LogP contribution in [0.15, 0.2) is 24.3 Å². The summed E-state index contributed by atoms with van der Waals surface area (Å²) in [5.74, 6) is -0.360. The lowest BCUT2D eigenvalue weighted by atomic mass is 10.1. The molecule has 1 amide bonds. The van der Waals surface area contributed by atoms with Gasteiger partial charge in [-0.05, 0) is 31.0 Å². The monoisotopic (exact) mass is 218 g/mol. The molecule has 1 saturated carbocycles. The molecule has 0 aromatic heterocycles. The molecule has 1 aromatic rings. The third-order valence-electron chi connectivity index (χ3n) is 3.41. The maximum Gasteiger partial charge on any atom is 0.248 e. The minimum atomic E-state index is -0.360. The second-order valence-electron chi connectivity index (χ2n) is 4.46. The van der Waals surface area contributed by atoms with Crippen molar-refractivity contribution in [1.29, 1.82) is 0 Å². The minimum Gasteiger partial charge on any atom is -0.372 e. The van der Waals surface area contributed by atoms with E-state index in [1.165, 1.54) is 25.7 Å². The van der Waals surface area contributed by atoms with Crippen LogP contribution >= 0.6 is 0 Å². The molecule has 0 saturated heterocycles. The molecule has 1 aromatic carbocycles. The van der Waals surface area contributed by atoms with Gasteiger partial charge in [-0.15, -0.1) is 0 Å². The van der Waals surface area contributed by atoms with E-state index in [9.17, 15) is 4.79 Å². The fourth-order valence-corrected chi connectivity index (χ4v) is 2.38. The van der Waals surface area contributed by atoms with Crippen molar-refractivity contribution in [3.05, 3.63) is 29.8 Å². The number of anilines is 1. The van der Waals surface area contributed by atoms with Crippen LogP contribution in [0, 0.1) is 0 Å². The summed E-state index contributed by atoms with van der Waals surface area (Å²) in [4.78, 5) is 13.4. The molecule has 0 atom stereocenters. The molecule has 0 heterocycles. The first kappa shape index (κ1) is 11.0. The normalized spacial score (nSPS) is 16.3. The van der Waals surface area contributed by atoms with Crippen molar-refractivity contribution >= 4 is 11.6 Å². The molecule has 0 unspecified atom stereocenters. The zero-order chi connectivity index (χ0) is 11.5. The molecule has 16 heavy (non-hydrogen) atoms. The van der Waals surface area contributed by atoms with Crippen molar-refractivity contribution < 1.29 is 4.79 Å². The minimum absolute atomic E-state index is 0.360. The summed E-state index contributed by atoms with van der Waals surface area (Å²) in [7, 11) is 2.09. The number of primary amides is 1. The van der Waals surface area contributed by atoms with Crippen LogP contribution in [0.5, 0.6) is 0 Å². The summed E-state index contributed by atoms with van der Waals surface area (Å²) in [5, 5.41) is 0. The smallest absolute Gasteiger partial charge is 0.248 e. The van der Waals surface area contributed by atoms with Crippen LogP contribution in [-0.4, -0.2) is 19.0 Å². The van der Waals surface area contributed by atoms with Gasteiger partial charge in [0.2, 0.25) is 5.91 Å². The number of benzene rings is 1. The summed E-state index contributed by atoms with van der Waals surface area (Å²) < 4.78 is 0. The standard InChI is InChI=1S/C13H18N2O/c1-15(11-6-2-3-7-11)12-8-4-5-10(9-12)13(14)16/h4-5,8-9,11H,2-3,6-7H2,1H3,(H2,14,16). The third-order valence-corrected chi connectivity index (χ3v) is 3.41. The zero-order valence-electron chi connectivity index (χ0n) is 9.65. The molecule has 0 spiro atoms. The van der Waals surface area contributed by atoms with E-state index in [4.69, 9.17) is 5.73 Å². The Morgan fingerprint density at radius 1 is 1.38 bits per heavy atom. The average Bonchev–Trinajstić information content (AvgIpc) is 2.81. The van der Waals surface area contributed by atoms with Gasteiger partial charge in [0.15, 0.2) is 0 Å². The highest BCUT2D eigenvalue weighted by atomic mass is 16.1. The van der Waals surface area contributed by atoms with Crippen molar-refractivity contribution in [2.45, 2.75) is 31.7 Å². The Morgan fingerprint density at radius 3 is 2.69 bits per heavy atom. The van der Waals surface area contributed by atoms with Gasteiger partial charge in [-0.3, -0.25) is 4.79 Å². The quantitative estimate of drug-likeness (QED) is 0.845. The molecule has 3 nitrogen and oxygen atoms in total. The van der Waals surface area contributed by atoms with E-state index in [2.05, 4.69) is 11.9 Å². The molecule has 0 bridgehead atoms. The lowest BCUT2D eigenvalue weighted by Gasteiger charge is -2.26. The van der Waals surface area contributed by atoms with Crippen LogP contribution in [0.4, 0.5) is 5.69 Å². The van der Waals surface area contributed by atoms with E-state index in [1.807, 2.05) is 18.2 Å². The first-order valence-corrected chi connectivity index (χ1v) is 5.81. The number of amides is 1. The SMILES string of the molecule is CN(c1cccc(C(N)=O)c1)C1CCCC1. The van der Waals surface area contributed by atoms with Gasteiger partial charge in [-0.1, -0.05) is 18.9 Å². The predicted molar refractivity (Wildman–Crippen MR) is 65.6 cm³/mol. The van der Waals surface area contributed by atoms with Gasteiger partial charge in [0.05, 0.1) is 0 Å². The highest BCUT2D eigenvalue weighted by Gasteiger charge is 2.20. The maximum atomic E-state index is 11.1. The van der Waals surface area contributed by atoms with Gasteiger partial charge in [0.1, 0.15) is 0 Å². The molecule has 2 N–H and O–H groups in total. The molecule has 3 heteroatoms. The Kier molecular flexibility index (Phi) is 3.13. The van der Waals surface area contributed by atoms with Crippen LogP contribution in [0.25, 0.3) is 0 Å². The van der Waals surface area contributed by atoms with Crippen molar-refractivity contribution in [3.8, 4) is 0 Å². The Labute approximate surface area is 96.2 Å². The molecule has 2 rings (SSSR count). The first-order valence-electron chi connectivity index (χ1n) is 5.81. The van der Waals surface area contributed by atoms with Gasteiger partial charge in [-0.2, -0.15) is 0 Å². The fraction of sp³-hybridized carbons (Fsp3) is 0.462. The molecule has 0 aliphatic heterocycles. The first-order chi connectivity index (χ1) is 7.68. The van der Waals surface area contributed by atoms with E-state index in [0.717, 1.165) is 5.69 Å². The number of hydrogen-bond donors (Lipinski definition) is 1. The topological polar surface area (TPSA) is 46.3 Å². The number of rotatable bonds is 3. The second kappa shape index (κ2) is 4.56. The van der Waals surface area contributed by atoms with Gasteiger partial charge in [0.25, 0.3) is 0 Å². The zero-order valence-corrected chi connectivity index (χ0v) is 9.65. The lowest BCUT2D eigenvalue weighted by Crippen LogP contribution is -2.29. The van der Waals surface area contributed by atoms with E-state index in [-0.39, 0.29) is 5.91 Å². The van der Waals surface area contributed by atoms with Gasteiger partial charge in [0, 0.05) is 24.3 Å². The van der Waals surface area contributed by atoms with Crippen LogP contribution < -0.4 is 10.6 Å². The Balaban J connectivity index is 2.18. The number of nitrogens with zero attached hydrogens (tertiary/aromatic N) is 1. The highest BCUT2D eigenvalue weighted by Crippen LogP contribution is 2.27. The third kappa shape index (κ3) is 2.18. The molecular formula is C13H18N2O. The lowest BCUT2D eigenvalue weighted by molar-refractivity contribution is 0.100. The number of carbonyl (C=O) groups is 1. The average molecular weight is 218 g/mol. The Hall–Kier alpha value is -1.51. The van der Waals surface area contributed by atoms with Gasteiger partial charge >= 0.3 is 0 Å². The molecule has 1 fully saturated rings. The molecule has 86 valence electrons. The molecule has 0 radical (unpaired) electrons. The maximum absolute atomic E-state index is 11.1. The highest BCUT2D eigenvalue weighted by molar-refractivity contribution is 5.93. The number of carbonyl (C=O) groups excluding carboxylic acids is 1. The molecule has 1 aliphatic rings. The van der Waals surface area contributed by atoms with Crippen LogP contribution in [0.1, 0.15) is 36.0 Å². The fourth-order valence-electron chi connectivity index (χ4n) is 2.38. The van der Waals surface area contributed by atoms with Crippen molar-refractivity contribution in [3.63, 3.8) is 0 Å². The summed E-state index contributed by atoms with van der Waals surface area (Å²) in [6.45, 7) is 0. The number of nitrogens with two attached hydrogens (primary N) is 1.